The van der Waals surface area contributed by atoms with Crippen LogP contribution in [-0.2, 0) is 9.53 Å². The Bertz CT molecular complexity index is 441. The highest BCUT2D eigenvalue weighted by Gasteiger charge is 2.25. The van der Waals surface area contributed by atoms with Gasteiger partial charge in [-0.15, -0.1) is 0 Å². The van der Waals surface area contributed by atoms with Crippen molar-refractivity contribution in [3.63, 3.8) is 0 Å². The van der Waals surface area contributed by atoms with Gasteiger partial charge in [0.25, 0.3) is 11.6 Å². The Hall–Kier alpha value is -1.95. The molecule has 1 amide bonds. The van der Waals surface area contributed by atoms with E-state index in [-0.39, 0.29) is 17.3 Å². The van der Waals surface area contributed by atoms with E-state index >= 15 is 0 Å². The number of para-hydroxylation sites is 2. The summed E-state index contributed by atoms with van der Waals surface area (Å²) in [5.74, 6) is -0.322. The average molecular weight is 236 g/mol. The molecule has 0 bridgehead atoms. The first-order chi connectivity index (χ1) is 8.18. The average Bonchev–Trinajstić information content (AvgIpc) is 2.83. The lowest BCUT2D eigenvalue weighted by atomic mass is 10.2. The van der Waals surface area contributed by atoms with Gasteiger partial charge in [0.05, 0.1) is 4.92 Å². The van der Waals surface area contributed by atoms with Crippen molar-refractivity contribution >= 4 is 17.3 Å². The van der Waals surface area contributed by atoms with E-state index in [2.05, 4.69) is 5.32 Å². The normalized spacial score (nSPS) is 18.9. The van der Waals surface area contributed by atoms with Crippen molar-refractivity contribution < 1.29 is 14.5 Å². The number of hydrogen-bond acceptors (Lipinski definition) is 4. The first kappa shape index (κ1) is 11.5. The van der Waals surface area contributed by atoms with Crippen molar-refractivity contribution in [2.45, 2.75) is 18.9 Å². The third-order valence-corrected chi connectivity index (χ3v) is 2.58. The summed E-state index contributed by atoms with van der Waals surface area (Å²) in [6.45, 7) is 0.564. The molecule has 0 spiro atoms. The molecule has 17 heavy (non-hydrogen) atoms. The van der Waals surface area contributed by atoms with Gasteiger partial charge in [0.2, 0.25) is 0 Å². The number of hydrogen-bond donors (Lipinski definition) is 1. The lowest BCUT2D eigenvalue weighted by molar-refractivity contribution is -0.383. The van der Waals surface area contributed by atoms with Crippen molar-refractivity contribution in [2.24, 2.45) is 0 Å². The molecule has 1 aromatic rings. The lowest BCUT2D eigenvalue weighted by Gasteiger charge is -2.10. The van der Waals surface area contributed by atoms with Crippen LogP contribution in [0, 0.1) is 10.1 Å². The number of nitrogens with one attached hydrogen (secondary N) is 1. The van der Waals surface area contributed by atoms with Gasteiger partial charge in [0.1, 0.15) is 11.8 Å². The third kappa shape index (κ3) is 2.59. The van der Waals surface area contributed by atoms with Crippen molar-refractivity contribution in [3.8, 4) is 0 Å². The molecule has 0 radical (unpaired) electrons. The Kier molecular flexibility index (Phi) is 3.34. The van der Waals surface area contributed by atoms with Gasteiger partial charge in [-0.05, 0) is 18.9 Å². The zero-order valence-corrected chi connectivity index (χ0v) is 9.09. The Morgan fingerprint density at radius 2 is 2.24 bits per heavy atom. The summed E-state index contributed by atoms with van der Waals surface area (Å²) in [7, 11) is 0. The van der Waals surface area contributed by atoms with Crippen LogP contribution >= 0.6 is 0 Å². The van der Waals surface area contributed by atoms with Crippen LogP contribution in [0.4, 0.5) is 11.4 Å². The van der Waals surface area contributed by atoms with E-state index in [1.165, 1.54) is 12.1 Å². The number of anilines is 1. The molecular formula is C11H12N2O4. The van der Waals surface area contributed by atoms with Gasteiger partial charge < -0.3 is 10.1 Å². The number of amides is 1. The maximum absolute atomic E-state index is 11.7. The second-order valence-electron chi connectivity index (χ2n) is 3.77. The molecule has 1 aliphatic heterocycles. The van der Waals surface area contributed by atoms with Crippen LogP contribution in [0.25, 0.3) is 0 Å². The summed E-state index contributed by atoms with van der Waals surface area (Å²) in [5, 5.41) is 13.3. The van der Waals surface area contributed by atoms with Crippen LogP contribution in [0.1, 0.15) is 12.8 Å². The zero-order valence-electron chi connectivity index (χ0n) is 9.09. The zero-order chi connectivity index (χ0) is 12.3. The van der Waals surface area contributed by atoms with Crippen LogP contribution in [0.3, 0.4) is 0 Å². The van der Waals surface area contributed by atoms with Gasteiger partial charge in [0, 0.05) is 12.7 Å². The number of ether oxygens (including phenoxy) is 1. The summed E-state index contributed by atoms with van der Waals surface area (Å²) in [6, 6.07) is 6.05. The molecule has 1 heterocycles. The van der Waals surface area contributed by atoms with E-state index < -0.39 is 11.0 Å². The van der Waals surface area contributed by atoms with E-state index in [9.17, 15) is 14.9 Å². The first-order valence-corrected chi connectivity index (χ1v) is 5.34. The molecule has 0 saturated carbocycles. The van der Waals surface area contributed by atoms with Gasteiger partial charge >= 0.3 is 0 Å². The van der Waals surface area contributed by atoms with Crippen molar-refractivity contribution in [2.75, 3.05) is 11.9 Å². The van der Waals surface area contributed by atoms with Crippen molar-refractivity contribution in [1.29, 1.82) is 0 Å². The second-order valence-corrected chi connectivity index (χ2v) is 3.77. The minimum Gasteiger partial charge on any atom is -0.368 e. The minimum atomic E-state index is -0.523. The molecule has 1 fully saturated rings. The summed E-state index contributed by atoms with van der Waals surface area (Å²) in [4.78, 5) is 22.0. The Morgan fingerprint density at radius 3 is 2.88 bits per heavy atom. The van der Waals surface area contributed by atoms with Crippen LogP contribution in [0.15, 0.2) is 24.3 Å². The Morgan fingerprint density at radius 1 is 1.47 bits per heavy atom. The molecule has 90 valence electrons. The molecule has 1 saturated heterocycles. The first-order valence-electron chi connectivity index (χ1n) is 5.34. The summed E-state index contributed by atoms with van der Waals surface area (Å²) < 4.78 is 5.21. The molecule has 2 rings (SSSR count). The van der Waals surface area contributed by atoms with E-state index in [0.717, 1.165) is 6.42 Å². The fourth-order valence-corrected chi connectivity index (χ4v) is 1.74. The number of nitro benzene ring substituents is 1. The Labute approximate surface area is 97.7 Å². The minimum absolute atomic E-state index is 0.112. The fourth-order valence-electron chi connectivity index (χ4n) is 1.74. The van der Waals surface area contributed by atoms with Crippen LogP contribution in [-0.4, -0.2) is 23.5 Å². The number of carbonyl (C=O) groups excluding carboxylic acids is 1. The highest BCUT2D eigenvalue weighted by molar-refractivity contribution is 5.96. The lowest BCUT2D eigenvalue weighted by Crippen LogP contribution is -2.27. The smallest absolute Gasteiger partial charge is 0.292 e. The molecule has 6 heteroatoms. The standard InChI is InChI=1S/C11H12N2O4/c14-11(10-6-3-7-17-10)12-8-4-1-2-5-9(8)13(15)16/h1-2,4-5,10H,3,6-7H2,(H,12,14)/t10-/m1/s1. The van der Waals surface area contributed by atoms with Gasteiger partial charge in [-0.1, -0.05) is 12.1 Å². The molecule has 0 aromatic heterocycles. The molecule has 6 nitrogen and oxygen atoms in total. The predicted octanol–water partition coefficient (Wildman–Crippen LogP) is 1.71. The van der Waals surface area contributed by atoms with E-state index in [1.807, 2.05) is 0 Å². The van der Waals surface area contributed by atoms with E-state index in [4.69, 9.17) is 4.74 Å². The maximum Gasteiger partial charge on any atom is 0.292 e. The number of rotatable bonds is 3. The molecule has 1 atom stereocenters. The number of nitrogens with zero attached hydrogens (tertiary/aromatic N) is 1. The Balaban J connectivity index is 2.12. The second kappa shape index (κ2) is 4.92. The maximum atomic E-state index is 11.7. The molecule has 1 aromatic carbocycles. The van der Waals surface area contributed by atoms with Crippen molar-refractivity contribution in [3.05, 3.63) is 34.4 Å². The molecule has 0 unspecified atom stereocenters. The topological polar surface area (TPSA) is 81.5 Å². The van der Waals surface area contributed by atoms with Gasteiger partial charge in [-0.2, -0.15) is 0 Å². The molecule has 0 aliphatic carbocycles. The summed E-state index contributed by atoms with van der Waals surface area (Å²) in [5.41, 5.74) is 0.0943. The highest BCUT2D eigenvalue weighted by Crippen LogP contribution is 2.24. The van der Waals surface area contributed by atoms with E-state index in [1.54, 1.807) is 12.1 Å². The molecular weight excluding hydrogens is 224 g/mol. The summed E-state index contributed by atoms with van der Waals surface area (Å²) in [6.07, 6.45) is 1.01. The molecule has 1 N–H and O–H groups in total. The largest absolute Gasteiger partial charge is 0.368 e. The SMILES string of the molecule is O=C(Nc1ccccc1[N+](=O)[O-])[C@H]1CCCO1. The molecule has 1 aliphatic rings. The van der Waals surface area contributed by atoms with Gasteiger partial charge in [0.15, 0.2) is 0 Å². The summed E-state index contributed by atoms with van der Waals surface area (Å²) >= 11 is 0. The third-order valence-electron chi connectivity index (χ3n) is 2.58. The van der Waals surface area contributed by atoms with Crippen molar-refractivity contribution in [1.82, 2.24) is 0 Å². The van der Waals surface area contributed by atoms with Crippen LogP contribution in [0.5, 0.6) is 0 Å². The predicted molar refractivity (Wildman–Crippen MR) is 60.7 cm³/mol. The monoisotopic (exact) mass is 236 g/mol. The number of carbonyl (C=O) groups is 1. The van der Waals surface area contributed by atoms with Gasteiger partial charge in [-0.3, -0.25) is 14.9 Å². The fraction of sp³-hybridized carbons (Fsp3) is 0.364. The van der Waals surface area contributed by atoms with Crippen LogP contribution in [0.2, 0.25) is 0 Å². The van der Waals surface area contributed by atoms with E-state index in [0.29, 0.717) is 13.0 Å². The number of nitro groups is 1. The highest BCUT2D eigenvalue weighted by atomic mass is 16.6. The quantitative estimate of drug-likeness (QED) is 0.639. The van der Waals surface area contributed by atoms with Crippen LogP contribution < -0.4 is 5.32 Å². The van der Waals surface area contributed by atoms with Gasteiger partial charge in [-0.25, -0.2) is 0 Å². The number of benzene rings is 1.